The summed E-state index contributed by atoms with van der Waals surface area (Å²) in [6.45, 7) is 5.05. The number of fused-ring (bicyclic) bond motifs is 5. The molecule has 1 saturated heterocycles. The lowest BCUT2D eigenvalue weighted by atomic mass is 9.85. The number of ketones is 1. The van der Waals surface area contributed by atoms with Crippen LogP contribution in [-0.2, 0) is 19.1 Å². The summed E-state index contributed by atoms with van der Waals surface area (Å²) in [7, 11) is 0. The number of rotatable bonds is 6. The zero-order chi connectivity index (χ0) is 20.9. The summed E-state index contributed by atoms with van der Waals surface area (Å²) in [5.74, 6) is -2.45. The highest BCUT2D eigenvalue weighted by Gasteiger charge is 2.61. The van der Waals surface area contributed by atoms with E-state index in [-0.39, 0.29) is 47.2 Å². The molecule has 0 unspecified atom stereocenters. The molecule has 29 heavy (non-hydrogen) atoms. The first-order valence-electron chi connectivity index (χ1n) is 10.1. The molecule has 0 spiro atoms. The van der Waals surface area contributed by atoms with E-state index < -0.39 is 18.6 Å². The highest BCUT2D eigenvalue weighted by molar-refractivity contribution is 6.09. The third-order valence-corrected chi connectivity index (χ3v) is 6.37. The predicted octanol–water partition coefficient (Wildman–Crippen LogP) is 2.55. The zero-order valence-corrected chi connectivity index (χ0v) is 16.8. The van der Waals surface area contributed by atoms with Crippen molar-refractivity contribution in [1.29, 1.82) is 0 Å². The molecule has 2 bridgehead atoms. The van der Waals surface area contributed by atoms with Crippen molar-refractivity contribution in [1.82, 2.24) is 4.90 Å². The van der Waals surface area contributed by atoms with Crippen molar-refractivity contribution < 1.29 is 23.9 Å². The smallest absolute Gasteiger partial charge is 0.330 e. The second-order valence-electron chi connectivity index (χ2n) is 8.63. The first kappa shape index (κ1) is 19.6. The van der Waals surface area contributed by atoms with Gasteiger partial charge in [-0.05, 0) is 31.1 Å². The molecule has 152 valence electrons. The molecule has 6 heteroatoms. The third kappa shape index (κ3) is 3.20. The molecule has 0 aromatic heterocycles. The molecule has 2 fully saturated rings. The van der Waals surface area contributed by atoms with E-state index in [9.17, 15) is 19.2 Å². The molecule has 1 heterocycles. The van der Waals surface area contributed by atoms with Crippen LogP contribution in [0, 0.1) is 36.5 Å². The number of Topliss-reactive ketones (excluding diaryl/α,β-unsaturated/α-hetero) is 1. The van der Waals surface area contributed by atoms with Gasteiger partial charge in [-0.3, -0.25) is 19.3 Å². The Kier molecular flexibility index (Phi) is 4.89. The number of carbonyl (C=O) groups excluding carboxylic acids is 4. The van der Waals surface area contributed by atoms with Gasteiger partial charge in [-0.15, -0.1) is 0 Å². The van der Waals surface area contributed by atoms with Crippen molar-refractivity contribution in [2.45, 2.75) is 33.2 Å². The van der Waals surface area contributed by atoms with Gasteiger partial charge in [-0.25, -0.2) is 4.79 Å². The SMILES string of the molecule is Cc1ccc(C(=O)COC(=O)[C@H](C(C)C)N2C(=O)[C@@H]3[C@H](C2=O)[C@H]2C=C[C@H]3C2)cc1. The molecular formula is C23H25NO5. The number of esters is 1. The lowest BCUT2D eigenvalue weighted by molar-refractivity contribution is -0.160. The minimum Gasteiger partial charge on any atom is -0.456 e. The van der Waals surface area contributed by atoms with Gasteiger partial charge < -0.3 is 4.74 Å². The minimum atomic E-state index is -1.01. The summed E-state index contributed by atoms with van der Waals surface area (Å²) < 4.78 is 5.26. The molecule has 2 amide bonds. The van der Waals surface area contributed by atoms with Crippen LogP contribution in [-0.4, -0.2) is 41.1 Å². The fraction of sp³-hybridized carbons (Fsp3) is 0.478. The zero-order valence-electron chi connectivity index (χ0n) is 16.8. The van der Waals surface area contributed by atoms with E-state index in [1.807, 2.05) is 31.2 Å². The van der Waals surface area contributed by atoms with Gasteiger partial charge in [-0.1, -0.05) is 55.8 Å². The van der Waals surface area contributed by atoms with E-state index in [4.69, 9.17) is 4.74 Å². The monoisotopic (exact) mass is 395 g/mol. The Bertz CT molecular complexity index is 870. The maximum atomic E-state index is 13.0. The number of ether oxygens (including phenoxy) is 1. The van der Waals surface area contributed by atoms with Gasteiger partial charge >= 0.3 is 5.97 Å². The number of carbonyl (C=O) groups is 4. The van der Waals surface area contributed by atoms with E-state index >= 15 is 0 Å². The molecule has 0 radical (unpaired) electrons. The van der Waals surface area contributed by atoms with Crippen LogP contribution in [0.25, 0.3) is 0 Å². The lowest BCUT2D eigenvalue weighted by Crippen LogP contribution is -2.50. The van der Waals surface area contributed by atoms with Crippen molar-refractivity contribution in [3.05, 3.63) is 47.5 Å². The van der Waals surface area contributed by atoms with Crippen LogP contribution in [0.2, 0.25) is 0 Å². The average Bonchev–Trinajstić information content (AvgIpc) is 3.36. The van der Waals surface area contributed by atoms with Gasteiger partial charge in [0.1, 0.15) is 6.04 Å². The normalized spacial score (nSPS) is 28.2. The number of allylic oxidation sites excluding steroid dienone is 2. The fourth-order valence-electron chi connectivity index (χ4n) is 4.92. The number of aryl methyl sites for hydroxylation is 1. The van der Waals surface area contributed by atoms with E-state index in [0.29, 0.717) is 5.56 Å². The van der Waals surface area contributed by atoms with Crippen LogP contribution in [0.5, 0.6) is 0 Å². The molecule has 6 nitrogen and oxygen atoms in total. The van der Waals surface area contributed by atoms with Gasteiger partial charge in [0.15, 0.2) is 12.4 Å². The maximum Gasteiger partial charge on any atom is 0.330 e. The molecule has 3 aliphatic rings. The lowest BCUT2D eigenvalue weighted by Gasteiger charge is -2.28. The summed E-state index contributed by atoms with van der Waals surface area (Å²) in [4.78, 5) is 52.3. The Morgan fingerprint density at radius 3 is 2.10 bits per heavy atom. The number of hydrogen-bond donors (Lipinski definition) is 0. The second-order valence-corrected chi connectivity index (χ2v) is 8.63. The maximum absolute atomic E-state index is 13.0. The predicted molar refractivity (Wildman–Crippen MR) is 105 cm³/mol. The molecule has 4 rings (SSSR count). The third-order valence-electron chi connectivity index (χ3n) is 6.37. The van der Waals surface area contributed by atoms with Gasteiger partial charge in [-0.2, -0.15) is 0 Å². The number of hydrogen-bond acceptors (Lipinski definition) is 5. The number of nitrogens with zero attached hydrogens (tertiary/aromatic N) is 1. The molecule has 1 aliphatic heterocycles. The summed E-state index contributed by atoms with van der Waals surface area (Å²) in [6.07, 6.45) is 4.87. The summed E-state index contributed by atoms with van der Waals surface area (Å²) in [5, 5.41) is 0. The topological polar surface area (TPSA) is 80.8 Å². The van der Waals surface area contributed by atoms with Crippen molar-refractivity contribution >= 4 is 23.6 Å². The Morgan fingerprint density at radius 2 is 1.59 bits per heavy atom. The fourth-order valence-corrected chi connectivity index (χ4v) is 4.92. The van der Waals surface area contributed by atoms with Crippen LogP contribution in [0.15, 0.2) is 36.4 Å². The second kappa shape index (κ2) is 7.25. The van der Waals surface area contributed by atoms with E-state index in [2.05, 4.69) is 0 Å². The first-order valence-corrected chi connectivity index (χ1v) is 10.1. The molecule has 5 atom stereocenters. The van der Waals surface area contributed by atoms with E-state index in [0.717, 1.165) is 16.9 Å². The Hall–Kier alpha value is -2.76. The number of amides is 2. The molecule has 1 aromatic rings. The van der Waals surface area contributed by atoms with Crippen LogP contribution in [0.4, 0.5) is 0 Å². The number of benzene rings is 1. The molecule has 1 aromatic carbocycles. The van der Waals surface area contributed by atoms with E-state index in [1.165, 1.54) is 0 Å². The van der Waals surface area contributed by atoms with Crippen LogP contribution >= 0.6 is 0 Å². The van der Waals surface area contributed by atoms with Gasteiger partial charge in [0.05, 0.1) is 11.8 Å². The quantitative estimate of drug-likeness (QED) is 0.320. The van der Waals surface area contributed by atoms with Crippen molar-refractivity contribution in [3.63, 3.8) is 0 Å². The Morgan fingerprint density at radius 1 is 1.03 bits per heavy atom. The van der Waals surface area contributed by atoms with Crippen LogP contribution in [0.3, 0.4) is 0 Å². The minimum absolute atomic E-state index is 0.0818. The summed E-state index contributed by atoms with van der Waals surface area (Å²) in [6, 6.07) is 5.99. The number of likely N-dealkylation sites (tertiary alicyclic amines) is 1. The standard InChI is InChI=1S/C23H25NO5/c1-12(2)20(23(28)29-11-17(25)14-6-4-13(3)5-7-14)24-21(26)18-15-8-9-16(10-15)19(18)22(24)27/h4-9,12,15-16,18-20H,10-11H2,1-3H3/t15-,16-,18-,19+,20-/m0/s1. The van der Waals surface area contributed by atoms with Crippen molar-refractivity contribution in [3.8, 4) is 0 Å². The molecule has 0 N–H and O–H groups in total. The largest absolute Gasteiger partial charge is 0.456 e. The van der Waals surface area contributed by atoms with Crippen LogP contribution in [0.1, 0.15) is 36.2 Å². The molecule has 2 aliphatic carbocycles. The summed E-state index contributed by atoms with van der Waals surface area (Å²) in [5.41, 5.74) is 1.48. The summed E-state index contributed by atoms with van der Waals surface area (Å²) >= 11 is 0. The van der Waals surface area contributed by atoms with Gasteiger partial charge in [0.25, 0.3) is 0 Å². The molecular weight excluding hydrogens is 370 g/mol. The highest BCUT2D eigenvalue weighted by atomic mass is 16.5. The van der Waals surface area contributed by atoms with Gasteiger partial charge in [0, 0.05) is 5.56 Å². The average molecular weight is 395 g/mol. The first-order chi connectivity index (χ1) is 13.8. The Balaban J connectivity index is 1.47. The van der Waals surface area contributed by atoms with Crippen molar-refractivity contribution in [2.75, 3.05) is 6.61 Å². The highest BCUT2D eigenvalue weighted by Crippen LogP contribution is 2.53. The number of imide groups is 1. The molecule has 1 saturated carbocycles. The van der Waals surface area contributed by atoms with Gasteiger partial charge in [0.2, 0.25) is 11.8 Å². The van der Waals surface area contributed by atoms with E-state index in [1.54, 1.807) is 26.0 Å². The van der Waals surface area contributed by atoms with Crippen LogP contribution < -0.4 is 0 Å². The Labute approximate surface area is 169 Å². The van der Waals surface area contributed by atoms with Crippen molar-refractivity contribution in [2.24, 2.45) is 29.6 Å².